The van der Waals surface area contributed by atoms with Crippen LogP contribution >= 0.6 is 0 Å². The number of nitrogens with zero attached hydrogens (tertiary/aromatic N) is 3. The van der Waals surface area contributed by atoms with Gasteiger partial charge in [0.05, 0.1) is 15.9 Å². The summed E-state index contributed by atoms with van der Waals surface area (Å²) in [5.41, 5.74) is 6.07. The minimum Gasteiger partial charge on any atom is -0.374 e. The highest BCUT2D eigenvalue weighted by Gasteiger charge is 2.31. The van der Waals surface area contributed by atoms with Crippen LogP contribution in [-0.4, -0.2) is 37.1 Å². The summed E-state index contributed by atoms with van der Waals surface area (Å²) >= 11 is 0. The van der Waals surface area contributed by atoms with Gasteiger partial charge in [-0.1, -0.05) is 49.7 Å². The molecule has 210 valence electrons. The summed E-state index contributed by atoms with van der Waals surface area (Å²) in [6.07, 6.45) is 1.16. The van der Waals surface area contributed by atoms with Crippen LogP contribution in [-0.2, 0) is 21.4 Å². The molecule has 1 aromatic heterocycles. The highest BCUT2D eigenvalue weighted by molar-refractivity contribution is 7.90. The zero-order valence-electron chi connectivity index (χ0n) is 23.4. The topological polar surface area (TPSA) is 93.4 Å². The van der Waals surface area contributed by atoms with Gasteiger partial charge in [0.15, 0.2) is 0 Å². The minimum absolute atomic E-state index is 0.0249. The third-order valence-electron chi connectivity index (χ3n) is 7.85. The Balaban J connectivity index is 1.51. The monoisotopic (exact) mass is 560 g/mol. The average Bonchev–Trinajstić information content (AvgIpc) is 3.37. The Morgan fingerprint density at radius 1 is 1.02 bits per heavy atom. The molecule has 0 bridgehead atoms. The lowest BCUT2D eigenvalue weighted by molar-refractivity contribution is -0.120. The zero-order valence-corrected chi connectivity index (χ0v) is 24.2. The predicted molar refractivity (Wildman–Crippen MR) is 158 cm³/mol. The van der Waals surface area contributed by atoms with Gasteiger partial charge in [-0.2, -0.15) is 0 Å². The minimum atomic E-state index is -4.01. The van der Waals surface area contributed by atoms with Gasteiger partial charge < -0.3 is 4.90 Å². The van der Waals surface area contributed by atoms with Crippen LogP contribution in [0.2, 0.25) is 0 Å². The normalized spacial score (nSPS) is 15.8. The van der Waals surface area contributed by atoms with E-state index in [1.165, 1.54) is 28.9 Å². The summed E-state index contributed by atoms with van der Waals surface area (Å²) in [6.45, 7) is 7.41. The second kappa shape index (κ2) is 11.0. The van der Waals surface area contributed by atoms with Crippen molar-refractivity contribution in [2.45, 2.75) is 63.4 Å². The van der Waals surface area contributed by atoms with Gasteiger partial charge in [-0.3, -0.25) is 13.9 Å². The number of anilines is 1. The van der Waals surface area contributed by atoms with Gasteiger partial charge in [0.2, 0.25) is 5.91 Å². The Morgan fingerprint density at radius 2 is 1.77 bits per heavy atom. The molecule has 1 amide bonds. The maximum absolute atomic E-state index is 14.1. The molecule has 40 heavy (non-hydrogen) atoms. The van der Waals surface area contributed by atoms with Gasteiger partial charge in [0, 0.05) is 44.2 Å². The second-order valence-corrected chi connectivity index (χ2v) is 12.5. The van der Waals surface area contributed by atoms with Crippen molar-refractivity contribution < 1.29 is 13.2 Å². The second-order valence-electron chi connectivity index (χ2n) is 10.8. The average molecular weight is 561 g/mol. The lowest BCUT2D eigenvalue weighted by atomic mass is 9.96. The molecule has 2 heterocycles. The SMILES string of the molecule is CCCC(CC(=O)NS(=O)(=O)c1ccccc1)n1c(=O)n(CC2CN(C)c3cccc(C)c32)c2ccc(C)cc21. The molecule has 0 fully saturated rings. The number of benzene rings is 3. The first-order chi connectivity index (χ1) is 19.1. The number of fused-ring (bicyclic) bond motifs is 2. The number of hydrogen-bond acceptors (Lipinski definition) is 5. The van der Waals surface area contributed by atoms with Crippen LogP contribution in [0.4, 0.5) is 5.69 Å². The molecule has 2 unspecified atom stereocenters. The van der Waals surface area contributed by atoms with E-state index in [1.807, 2.05) is 36.6 Å². The molecule has 1 aliphatic rings. The molecule has 0 spiro atoms. The molecule has 4 aromatic rings. The van der Waals surface area contributed by atoms with Crippen molar-refractivity contribution in [2.75, 3.05) is 18.5 Å². The summed E-state index contributed by atoms with van der Waals surface area (Å²) in [5, 5.41) is 0. The van der Waals surface area contributed by atoms with Crippen LogP contribution in [0.3, 0.4) is 0 Å². The van der Waals surface area contributed by atoms with Crippen LogP contribution in [0.25, 0.3) is 11.0 Å². The number of carbonyl (C=O) groups is 1. The number of aromatic nitrogens is 2. The maximum Gasteiger partial charge on any atom is 0.329 e. The lowest BCUT2D eigenvalue weighted by Gasteiger charge is -2.18. The molecule has 0 saturated carbocycles. The number of aryl methyl sites for hydroxylation is 2. The van der Waals surface area contributed by atoms with E-state index in [0.29, 0.717) is 13.0 Å². The molecule has 9 heteroatoms. The van der Waals surface area contributed by atoms with Gasteiger partial charge in [-0.25, -0.2) is 17.9 Å². The fourth-order valence-electron chi connectivity index (χ4n) is 6.06. The van der Waals surface area contributed by atoms with Crippen LogP contribution in [0, 0.1) is 13.8 Å². The molecule has 1 N–H and O–H groups in total. The molecule has 5 rings (SSSR count). The van der Waals surface area contributed by atoms with Crippen molar-refractivity contribution in [3.05, 3.63) is 93.9 Å². The van der Waals surface area contributed by atoms with E-state index in [1.54, 1.807) is 22.8 Å². The summed E-state index contributed by atoms with van der Waals surface area (Å²) in [5.74, 6) is -0.493. The standard InChI is InChI=1S/C31H36N4O4S/c1-5-10-24(18-29(36)32-40(38,39)25-12-7-6-8-13-25)35-28-17-21(2)15-16-26(28)34(31(35)37)20-23-19-33(4)27-14-9-11-22(3)30(23)27/h6-9,11-17,23-24H,5,10,18-20H2,1-4H3,(H,32,36). The molecule has 0 radical (unpaired) electrons. The van der Waals surface area contributed by atoms with Gasteiger partial charge in [-0.05, 0) is 67.3 Å². The number of imidazole rings is 1. The van der Waals surface area contributed by atoms with Crippen LogP contribution in [0.5, 0.6) is 0 Å². The van der Waals surface area contributed by atoms with E-state index in [9.17, 15) is 18.0 Å². The van der Waals surface area contributed by atoms with Crippen molar-refractivity contribution in [2.24, 2.45) is 0 Å². The zero-order chi connectivity index (χ0) is 28.6. The highest BCUT2D eigenvalue weighted by atomic mass is 32.2. The van der Waals surface area contributed by atoms with E-state index in [-0.39, 0.29) is 22.9 Å². The lowest BCUT2D eigenvalue weighted by Crippen LogP contribution is -2.35. The summed E-state index contributed by atoms with van der Waals surface area (Å²) in [6, 6.07) is 19.6. The molecular weight excluding hydrogens is 524 g/mol. The summed E-state index contributed by atoms with van der Waals surface area (Å²) in [4.78, 5) is 29.5. The Bertz CT molecular complexity index is 1720. The molecule has 3 aromatic carbocycles. The first-order valence-corrected chi connectivity index (χ1v) is 15.2. The van der Waals surface area contributed by atoms with Crippen LogP contribution < -0.4 is 15.3 Å². The van der Waals surface area contributed by atoms with Crippen molar-refractivity contribution in [1.82, 2.24) is 13.9 Å². The van der Waals surface area contributed by atoms with Gasteiger partial charge in [-0.15, -0.1) is 0 Å². The molecular formula is C31H36N4O4S. The Morgan fingerprint density at radius 3 is 2.50 bits per heavy atom. The van der Waals surface area contributed by atoms with E-state index >= 15 is 0 Å². The number of hydrogen-bond donors (Lipinski definition) is 1. The van der Waals surface area contributed by atoms with E-state index in [4.69, 9.17) is 0 Å². The molecule has 0 aliphatic carbocycles. The smallest absolute Gasteiger partial charge is 0.329 e. The summed E-state index contributed by atoms with van der Waals surface area (Å²) in [7, 11) is -1.93. The highest BCUT2D eigenvalue weighted by Crippen LogP contribution is 2.38. The fraction of sp³-hybridized carbons (Fsp3) is 0.355. The maximum atomic E-state index is 14.1. The quantitative estimate of drug-likeness (QED) is 0.315. The Labute approximate surface area is 235 Å². The van der Waals surface area contributed by atoms with E-state index < -0.39 is 22.0 Å². The largest absolute Gasteiger partial charge is 0.374 e. The number of rotatable bonds is 9. The third kappa shape index (κ3) is 5.18. The van der Waals surface area contributed by atoms with Crippen molar-refractivity contribution in [1.29, 1.82) is 0 Å². The molecule has 8 nitrogen and oxygen atoms in total. The van der Waals surface area contributed by atoms with Gasteiger partial charge in [0.1, 0.15) is 0 Å². The van der Waals surface area contributed by atoms with E-state index in [2.05, 4.69) is 41.8 Å². The van der Waals surface area contributed by atoms with Gasteiger partial charge in [0.25, 0.3) is 10.0 Å². The number of carbonyl (C=O) groups excluding carboxylic acids is 1. The van der Waals surface area contributed by atoms with Gasteiger partial charge >= 0.3 is 5.69 Å². The van der Waals surface area contributed by atoms with Crippen molar-refractivity contribution in [3.63, 3.8) is 0 Å². The number of likely N-dealkylation sites (N-methyl/N-ethyl adjacent to an activating group) is 1. The Kier molecular flexibility index (Phi) is 7.59. The number of amides is 1. The Hall–Kier alpha value is -3.85. The van der Waals surface area contributed by atoms with Crippen molar-refractivity contribution >= 4 is 32.7 Å². The predicted octanol–water partition coefficient (Wildman–Crippen LogP) is 4.89. The summed E-state index contributed by atoms with van der Waals surface area (Å²) < 4.78 is 31.3. The third-order valence-corrected chi connectivity index (χ3v) is 9.23. The van der Waals surface area contributed by atoms with E-state index in [0.717, 1.165) is 29.6 Å². The first-order valence-electron chi connectivity index (χ1n) is 13.7. The molecule has 2 atom stereocenters. The number of nitrogens with one attached hydrogen (secondary N) is 1. The van der Waals surface area contributed by atoms with Crippen LogP contribution in [0.15, 0.2) is 76.4 Å². The first kappa shape index (κ1) is 27.7. The molecule has 1 aliphatic heterocycles. The number of sulfonamides is 1. The van der Waals surface area contributed by atoms with Crippen LogP contribution in [0.1, 0.15) is 54.8 Å². The van der Waals surface area contributed by atoms with Crippen molar-refractivity contribution in [3.8, 4) is 0 Å². The fourth-order valence-corrected chi connectivity index (χ4v) is 7.08. The molecule has 0 saturated heterocycles.